The Morgan fingerprint density at radius 1 is 0.385 bits per heavy atom. The topological polar surface area (TPSA) is 48.5 Å². The van der Waals surface area contributed by atoms with Crippen LogP contribution in [0.2, 0.25) is 0 Å². The summed E-state index contributed by atoms with van der Waals surface area (Å²) >= 11 is 0. The van der Waals surface area contributed by atoms with E-state index in [-0.39, 0.29) is 10.8 Å². The number of aromatic nitrogens is 5. The Morgan fingerprint density at radius 3 is 1.14 bits per heavy atom. The molecule has 3 aromatic heterocycles. The highest BCUT2D eigenvalue weighted by Crippen LogP contribution is 2.49. The summed E-state index contributed by atoms with van der Waals surface area (Å²) in [5.74, 6) is 1.86. The van der Waals surface area contributed by atoms with Crippen LogP contribution in [0.3, 0.4) is 0 Å². The van der Waals surface area contributed by atoms with Gasteiger partial charge in [-0.05, 0) is 79.8 Å². The second kappa shape index (κ2) is 14.8. The maximum atomic E-state index is 5.72. The monoisotopic (exact) mass is 855 g/mol. The largest absolute Gasteiger partial charge is 0.278 e. The lowest BCUT2D eigenvalue weighted by Gasteiger charge is -2.44. The Bertz CT molecular complexity index is 3270. The molecule has 0 bridgehead atoms. The first-order valence-electron chi connectivity index (χ1n) is 22.8. The molecule has 0 aliphatic heterocycles. The van der Waals surface area contributed by atoms with Crippen molar-refractivity contribution >= 4 is 72.4 Å². The predicted octanol–water partition coefficient (Wildman–Crippen LogP) is 11.5. The van der Waals surface area contributed by atoms with Gasteiger partial charge in [0.2, 0.25) is 11.9 Å². The summed E-state index contributed by atoms with van der Waals surface area (Å²) < 4.78 is 4.49. The van der Waals surface area contributed by atoms with E-state index in [0.29, 0.717) is 17.7 Å². The molecule has 12 rings (SSSR count). The molecule has 8 aromatic carbocycles. The fourth-order valence-corrected chi connectivity index (χ4v) is 16.0. The molecule has 0 amide bonds. The summed E-state index contributed by atoms with van der Waals surface area (Å²) in [6.07, 6.45) is 2.12. The van der Waals surface area contributed by atoms with Gasteiger partial charge in [0.05, 0.1) is 22.1 Å². The third-order valence-electron chi connectivity index (χ3n) is 14.4. The first-order chi connectivity index (χ1) is 31.7. The number of hydrogen-bond donors (Lipinski definition) is 0. The molecule has 5 nitrogen and oxygen atoms in total. The molecule has 1 aliphatic carbocycles. The summed E-state index contributed by atoms with van der Waals surface area (Å²) in [6.45, 7) is 9.71. The third-order valence-corrected chi connectivity index (χ3v) is 19.1. The van der Waals surface area contributed by atoms with Crippen molar-refractivity contribution in [3.05, 3.63) is 211 Å². The maximum Gasteiger partial charge on any atom is 0.240 e. The molecule has 1 aliphatic rings. The maximum absolute atomic E-state index is 5.72. The molecule has 0 atom stereocenters. The molecule has 0 N–H and O–H groups in total. The fraction of sp³-hybridized carbons (Fsp3) is 0.136. The Kier molecular flexibility index (Phi) is 8.94. The SMILES string of the molecule is CC1(C)CCC(C)(C)c2c(-c3nc(-n4c5ccccc5c5ccccc54)nc(-n4c5ccccc5c5ccccc54)n3)cc([Si](c3ccccc3)(c3ccccc3)c3ccccc3)cc21. The van der Waals surface area contributed by atoms with Crippen LogP contribution in [0.25, 0.3) is 66.9 Å². The van der Waals surface area contributed by atoms with E-state index in [0.717, 1.165) is 62.0 Å². The van der Waals surface area contributed by atoms with Crippen LogP contribution < -0.4 is 20.7 Å². The van der Waals surface area contributed by atoms with Crippen LogP contribution in [0.4, 0.5) is 0 Å². The summed E-state index contributed by atoms with van der Waals surface area (Å²) in [5, 5.41) is 9.98. The lowest BCUT2D eigenvalue weighted by molar-refractivity contribution is 0.333. The Balaban J connectivity index is 1.26. The van der Waals surface area contributed by atoms with Crippen molar-refractivity contribution in [2.24, 2.45) is 0 Å². The Labute approximate surface area is 380 Å². The van der Waals surface area contributed by atoms with E-state index in [1.165, 1.54) is 31.9 Å². The van der Waals surface area contributed by atoms with Crippen molar-refractivity contribution in [2.45, 2.75) is 51.4 Å². The van der Waals surface area contributed by atoms with Crippen LogP contribution in [0.15, 0.2) is 200 Å². The van der Waals surface area contributed by atoms with Gasteiger partial charge in [-0.2, -0.15) is 15.0 Å². The molecule has 3 heterocycles. The third kappa shape index (κ3) is 6.00. The van der Waals surface area contributed by atoms with Gasteiger partial charge in [-0.25, -0.2) is 0 Å². The number of nitrogens with zero attached hydrogens (tertiary/aromatic N) is 5. The van der Waals surface area contributed by atoms with E-state index in [1.807, 2.05) is 0 Å². The minimum absolute atomic E-state index is 0.113. The quantitative estimate of drug-likeness (QED) is 0.119. The molecule has 11 aromatic rings. The lowest BCUT2D eigenvalue weighted by Crippen LogP contribution is -2.75. The van der Waals surface area contributed by atoms with Gasteiger partial charge in [-0.1, -0.05) is 204 Å². The molecular weight excluding hydrogens is 807 g/mol. The highest BCUT2D eigenvalue weighted by molar-refractivity contribution is 7.20. The van der Waals surface area contributed by atoms with Gasteiger partial charge in [0.1, 0.15) is 0 Å². The van der Waals surface area contributed by atoms with Gasteiger partial charge >= 0.3 is 0 Å². The molecule has 0 radical (unpaired) electrons. The van der Waals surface area contributed by atoms with Crippen molar-refractivity contribution in [2.75, 3.05) is 0 Å². The number of hydrogen-bond acceptors (Lipinski definition) is 3. The predicted molar refractivity (Wildman–Crippen MR) is 273 cm³/mol. The minimum atomic E-state index is -2.99. The molecule has 0 spiro atoms. The van der Waals surface area contributed by atoms with E-state index >= 15 is 0 Å². The minimum Gasteiger partial charge on any atom is -0.278 e. The average molecular weight is 856 g/mol. The van der Waals surface area contributed by atoms with Gasteiger partial charge in [-0.3, -0.25) is 9.13 Å². The summed E-state index contributed by atoms with van der Waals surface area (Å²) in [4.78, 5) is 17.0. The highest BCUT2D eigenvalue weighted by atomic mass is 28.3. The number of rotatable bonds is 7. The van der Waals surface area contributed by atoms with Crippen molar-refractivity contribution in [1.29, 1.82) is 0 Å². The van der Waals surface area contributed by atoms with Crippen LogP contribution in [-0.2, 0) is 10.8 Å². The second-order valence-corrected chi connectivity index (χ2v) is 22.9. The molecular formula is C59H49N5Si. The van der Waals surface area contributed by atoms with E-state index in [9.17, 15) is 0 Å². The van der Waals surface area contributed by atoms with Crippen molar-refractivity contribution in [3.8, 4) is 23.3 Å². The first kappa shape index (κ1) is 39.2. The molecule has 0 unspecified atom stereocenters. The molecule has 0 saturated carbocycles. The number of benzene rings is 8. The van der Waals surface area contributed by atoms with Crippen molar-refractivity contribution < 1.29 is 0 Å². The summed E-state index contributed by atoms with van der Waals surface area (Å²) in [5.41, 5.74) is 7.71. The second-order valence-electron chi connectivity index (χ2n) is 19.1. The van der Waals surface area contributed by atoms with Gasteiger partial charge < -0.3 is 0 Å². The lowest BCUT2D eigenvalue weighted by atomic mass is 9.62. The van der Waals surface area contributed by atoms with E-state index in [4.69, 9.17) is 15.0 Å². The van der Waals surface area contributed by atoms with Gasteiger partial charge in [0, 0.05) is 27.1 Å². The standard InChI is InChI=1S/C59H49N5Si/c1-58(2)36-37-59(3,4)54-48(38-43(39-49(54)58)65(40-22-8-5-9-23-40,41-24-10-6-11-25-41)42-26-12-7-13-27-42)55-60-56(63-50-32-18-14-28-44(50)45-29-15-19-33-51(45)63)62-57(61-55)64-52-34-20-16-30-46(52)47-31-17-21-35-53(47)64/h5-35,38-39H,36-37H2,1-4H3. The zero-order chi connectivity index (χ0) is 43.9. The van der Waals surface area contributed by atoms with Crippen LogP contribution in [0, 0.1) is 0 Å². The summed E-state index contributed by atoms with van der Waals surface area (Å²) in [7, 11) is -2.99. The van der Waals surface area contributed by atoms with E-state index < -0.39 is 8.07 Å². The van der Waals surface area contributed by atoms with Crippen LogP contribution in [-0.4, -0.2) is 32.2 Å². The number of fused-ring (bicyclic) bond motifs is 7. The molecule has 314 valence electrons. The van der Waals surface area contributed by atoms with Gasteiger partial charge in [0.25, 0.3) is 0 Å². The first-order valence-corrected chi connectivity index (χ1v) is 24.8. The molecule has 65 heavy (non-hydrogen) atoms. The van der Waals surface area contributed by atoms with E-state index in [2.05, 4.69) is 237 Å². The normalized spacial score (nSPS) is 14.6. The van der Waals surface area contributed by atoms with Gasteiger partial charge in [0.15, 0.2) is 13.9 Å². The van der Waals surface area contributed by atoms with Gasteiger partial charge in [-0.15, -0.1) is 0 Å². The zero-order valence-corrected chi connectivity index (χ0v) is 38.2. The highest BCUT2D eigenvalue weighted by Gasteiger charge is 2.46. The van der Waals surface area contributed by atoms with Crippen molar-refractivity contribution in [3.63, 3.8) is 0 Å². The Morgan fingerprint density at radius 2 is 0.738 bits per heavy atom. The smallest absolute Gasteiger partial charge is 0.240 e. The molecule has 0 saturated heterocycles. The zero-order valence-electron chi connectivity index (χ0n) is 37.2. The van der Waals surface area contributed by atoms with E-state index in [1.54, 1.807) is 0 Å². The average Bonchev–Trinajstić information content (AvgIpc) is 3.87. The number of para-hydroxylation sites is 4. The fourth-order valence-electron chi connectivity index (χ4n) is 11.2. The van der Waals surface area contributed by atoms with Crippen molar-refractivity contribution in [1.82, 2.24) is 24.1 Å². The van der Waals surface area contributed by atoms with Crippen LogP contribution in [0.1, 0.15) is 51.7 Å². The van der Waals surface area contributed by atoms with Crippen LogP contribution >= 0.6 is 0 Å². The molecule has 0 fully saturated rings. The van der Waals surface area contributed by atoms with Crippen LogP contribution in [0.5, 0.6) is 0 Å². The summed E-state index contributed by atoms with van der Waals surface area (Å²) in [6, 6.07) is 73.3. The Hall–Kier alpha value is -7.41. The molecule has 6 heteroatoms.